The summed E-state index contributed by atoms with van der Waals surface area (Å²) in [6.07, 6.45) is 0. The van der Waals surface area contributed by atoms with Gasteiger partial charge in [-0.25, -0.2) is 9.48 Å². The van der Waals surface area contributed by atoms with Gasteiger partial charge in [-0.3, -0.25) is 19.3 Å². The number of carbonyl (C=O) groups excluding carboxylic acids is 2. The van der Waals surface area contributed by atoms with Crippen molar-refractivity contribution < 1.29 is 39.6 Å². The summed E-state index contributed by atoms with van der Waals surface area (Å²) >= 11 is 3.50. The number of aliphatic carboxylic acids is 2. The van der Waals surface area contributed by atoms with Crippen LogP contribution in [-0.2, 0) is 31.0 Å². The van der Waals surface area contributed by atoms with E-state index in [2.05, 4.69) is 20.8 Å². The Morgan fingerprint density at radius 3 is 2.63 bits per heavy atom. The third-order valence-electron chi connectivity index (χ3n) is 4.76. The molecular weight excluding hydrogens is 537 g/mol. The minimum Gasteiger partial charge on any atom is -0.480 e. The first kappa shape index (κ1) is 31.6. The molecule has 3 rings (SSSR count). The van der Waals surface area contributed by atoms with Crippen molar-refractivity contribution in [1.82, 2.24) is 30.4 Å². The number of carboxylic acids is 2. The minimum atomic E-state index is -1.72. The summed E-state index contributed by atoms with van der Waals surface area (Å²) in [5.41, 5.74) is 4.05. The number of carbonyl (C=O) groups is 4. The van der Waals surface area contributed by atoms with Gasteiger partial charge in [-0.15, -0.1) is 28.6 Å². The van der Waals surface area contributed by atoms with Crippen molar-refractivity contribution in [3.05, 3.63) is 11.3 Å². The van der Waals surface area contributed by atoms with E-state index in [4.69, 9.17) is 15.6 Å². The summed E-state index contributed by atoms with van der Waals surface area (Å²) in [5.74, 6) is -3.32. The van der Waals surface area contributed by atoms with Gasteiger partial charge >= 0.3 is 11.9 Å². The number of nitrogens with two attached hydrogens (primary N) is 1. The van der Waals surface area contributed by atoms with Crippen molar-refractivity contribution in [2.45, 2.75) is 22.3 Å². The van der Waals surface area contributed by atoms with Crippen LogP contribution in [0.3, 0.4) is 0 Å². The van der Waals surface area contributed by atoms with Gasteiger partial charge < -0.3 is 31.5 Å². The Morgan fingerprint density at radius 2 is 2.09 bits per heavy atom. The van der Waals surface area contributed by atoms with Crippen molar-refractivity contribution >= 4 is 88.6 Å². The zero-order valence-electron chi connectivity index (χ0n) is 19.0. The predicted molar refractivity (Wildman–Crippen MR) is 127 cm³/mol. The molecule has 0 aliphatic carbocycles. The average molecular weight is 561 g/mol. The van der Waals surface area contributed by atoms with E-state index in [0.717, 1.165) is 16.7 Å². The van der Waals surface area contributed by atoms with Crippen LogP contribution in [0.25, 0.3) is 0 Å². The van der Waals surface area contributed by atoms with E-state index in [9.17, 15) is 24.3 Å². The molecule has 1 unspecified atom stereocenters. The number of rotatable bonds is 11. The molecule has 0 aromatic carbocycles. The molecule has 0 saturated carbocycles. The normalized spacial score (nSPS) is 21.7. The SMILES string of the molecule is CO[C@@]1(NC(=O)CSCC(N)C(=O)O)C(=O)N2C(C(=O)O)=C(CSc3nnnn3C)CS[C@@H]21.O.[Na]. The number of fused-ring (bicyclic) bond motifs is 1. The predicted octanol–water partition coefficient (Wildman–Crippen LogP) is -3.05. The zero-order chi connectivity index (χ0) is 24.3. The fraction of sp³-hybridized carbons (Fsp3) is 0.562. The molecule has 1 radical (unpaired) electrons. The van der Waals surface area contributed by atoms with Gasteiger partial charge in [0.1, 0.15) is 17.1 Å². The average Bonchev–Trinajstić information content (AvgIpc) is 3.19. The fourth-order valence-electron chi connectivity index (χ4n) is 3.14. The number of tetrazole rings is 1. The number of thioether (sulfide) groups is 3. The fourth-order valence-corrected chi connectivity index (χ4v) is 6.34. The summed E-state index contributed by atoms with van der Waals surface area (Å²) in [7, 11) is 2.91. The van der Waals surface area contributed by atoms with Gasteiger partial charge in [0.15, 0.2) is 0 Å². The zero-order valence-corrected chi connectivity index (χ0v) is 23.4. The van der Waals surface area contributed by atoms with Crippen LogP contribution in [0.4, 0.5) is 0 Å². The molecule has 0 spiro atoms. The summed E-state index contributed by atoms with van der Waals surface area (Å²) in [6.45, 7) is 0. The smallest absolute Gasteiger partial charge is 0.352 e. The van der Waals surface area contributed by atoms with Crippen LogP contribution in [0.5, 0.6) is 0 Å². The van der Waals surface area contributed by atoms with Gasteiger partial charge in [0.2, 0.25) is 11.1 Å². The summed E-state index contributed by atoms with van der Waals surface area (Å²) in [5, 5.41) is 31.9. The Morgan fingerprint density at radius 1 is 1.40 bits per heavy atom. The summed E-state index contributed by atoms with van der Waals surface area (Å²) in [6, 6.07) is -1.12. The van der Waals surface area contributed by atoms with E-state index < -0.39 is 40.9 Å². The van der Waals surface area contributed by atoms with Crippen molar-refractivity contribution in [3.63, 3.8) is 0 Å². The maximum absolute atomic E-state index is 13.0. The van der Waals surface area contributed by atoms with Crippen LogP contribution in [0.15, 0.2) is 16.4 Å². The maximum atomic E-state index is 13.0. The first-order valence-corrected chi connectivity index (χ1v) is 12.5. The summed E-state index contributed by atoms with van der Waals surface area (Å²) in [4.78, 5) is 49.3. The second kappa shape index (κ2) is 13.2. The molecule has 19 heteroatoms. The number of aromatic nitrogens is 4. The Labute approximate surface area is 233 Å². The molecule has 2 aliphatic heterocycles. The molecule has 3 heterocycles. The van der Waals surface area contributed by atoms with E-state index >= 15 is 0 Å². The molecule has 2 aliphatic rings. The standard InChI is InChI=1S/C16H21N7O7S3.Na.H2O/c1-22-15(19-20-21-22)33-4-7-3-32-14-16(30-2,13(29)23(14)10(7)12(27)28)18-9(24)6-31-5-8(17)11(25)26;;/h8,14H,3-6,17H2,1-2H3,(H,18,24)(H,25,26)(H,27,28);;1H2/t8?,14-,16+;;/m1../s1. The van der Waals surface area contributed by atoms with Gasteiger partial charge in [-0.2, -0.15) is 0 Å². The second-order valence-corrected chi connectivity index (χ2v) is 9.96. The number of aryl methyl sites for hydroxylation is 1. The molecule has 1 fully saturated rings. The quantitative estimate of drug-likeness (QED) is 0.0911. The minimum absolute atomic E-state index is 0. The van der Waals surface area contributed by atoms with Gasteiger partial charge in [0, 0.05) is 61.0 Å². The number of β-lactam (4-membered cyclic amide) rings is 1. The third kappa shape index (κ3) is 6.50. The van der Waals surface area contributed by atoms with Crippen LogP contribution in [0.2, 0.25) is 0 Å². The van der Waals surface area contributed by atoms with Crippen molar-refractivity contribution in [3.8, 4) is 0 Å². The maximum Gasteiger partial charge on any atom is 0.352 e. The van der Waals surface area contributed by atoms with E-state index in [1.54, 1.807) is 7.05 Å². The first-order valence-electron chi connectivity index (χ1n) is 9.30. The first-order chi connectivity index (χ1) is 15.6. The van der Waals surface area contributed by atoms with E-state index in [-0.39, 0.29) is 63.7 Å². The molecule has 7 N–H and O–H groups in total. The molecule has 15 nitrogen and oxygen atoms in total. The largest absolute Gasteiger partial charge is 0.480 e. The Hall–Kier alpha value is -1.38. The van der Waals surface area contributed by atoms with Gasteiger partial charge in [-0.05, 0) is 16.0 Å². The topological polar surface area (TPSA) is 234 Å². The van der Waals surface area contributed by atoms with Gasteiger partial charge in [0.25, 0.3) is 11.6 Å². The second-order valence-electron chi connectivity index (χ2n) is 6.92. The van der Waals surface area contributed by atoms with Gasteiger partial charge in [-0.1, -0.05) is 11.8 Å². The number of amides is 2. The van der Waals surface area contributed by atoms with E-state index in [1.807, 2.05) is 0 Å². The molecule has 3 atom stereocenters. The van der Waals surface area contributed by atoms with Crippen LogP contribution >= 0.6 is 35.3 Å². The van der Waals surface area contributed by atoms with Crippen molar-refractivity contribution in [2.24, 2.45) is 12.8 Å². The van der Waals surface area contributed by atoms with Crippen LogP contribution in [-0.4, -0.2) is 141 Å². The molecule has 2 amide bonds. The summed E-state index contributed by atoms with van der Waals surface area (Å²) < 4.78 is 6.82. The van der Waals surface area contributed by atoms with E-state index in [1.165, 1.54) is 35.3 Å². The number of hydrogen-bond acceptors (Lipinski definition) is 12. The van der Waals surface area contributed by atoms with Crippen LogP contribution in [0, 0.1) is 0 Å². The number of ether oxygens (including phenoxy) is 1. The number of carboxylic acid groups (broad SMARTS) is 2. The van der Waals surface area contributed by atoms with Crippen molar-refractivity contribution in [1.29, 1.82) is 0 Å². The Bertz CT molecular complexity index is 1010. The number of methoxy groups -OCH3 is 1. The Balaban J connectivity index is 0.00000306. The van der Waals surface area contributed by atoms with Crippen LogP contribution < -0.4 is 11.1 Å². The number of nitrogens with zero attached hydrogens (tertiary/aromatic N) is 5. The molecule has 1 aromatic heterocycles. The monoisotopic (exact) mass is 560 g/mol. The van der Waals surface area contributed by atoms with E-state index in [0.29, 0.717) is 10.7 Å². The third-order valence-corrected chi connectivity index (χ3v) is 8.30. The van der Waals surface area contributed by atoms with Crippen LogP contribution in [0.1, 0.15) is 0 Å². The number of nitrogens with one attached hydrogen (secondary N) is 1. The molecule has 35 heavy (non-hydrogen) atoms. The molecule has 1 aromatic rings. The number of hydrogen-bond donors (Lipinski definition) is 4. The Kier molecular flexibility index (Phi) is 12.0. The van der Waals surface area contributed by atoms with Crippen molar-refractivity contribution in [2.75, 3.05) is 30.1 Å². The van der Waals surface area contributed by atoms with Gasteiger partial charge in [0.05, 0.1) is 5.75 Å². The molecule has 1 saturated heterocycles. The molecule has 189 valence electrons. The molecule has 0 bridgehead atoms. The molecular formula is C16H23N7NaO8S3.